The van der Waals surface area contributed by atoms with Gasteiger partial charge in [-0.15, -0.1) is 0 Å². The Kier molecular flexibility index (Phi) is 3.71. The standard InChI is InChI=1S/C17H20N4O/c1-11-8-15(20-12(2)13-9-18-21(3)10-13)14-6-5-7-16(22-4)17(14)19-11/h5-10,12H,1-4H3,(H,19,20). The number of anilines is 1. The van der Waals surface area contributed by atoms with Gasteiger partial charge in [-0.25, -0.2) is 4.98 Å². The van der Waals surface area contributed by atoms with E-state index in [1.165, 1.54) is 0 Å². The summed E-state index contributed by atoms with van der Waals surface area (Å²) in [6.45, 7) is 4.12. The number of rotatable bonds is 4. The van der Waals surface area contributed by atoms with Gasteiger partial charge in [-0.3, -0.25) is 4.68 Å². The summed E-state index contributed by atoms with van der Waals surface area (Å²) in [6.07, 6.45) is 3.91. The molecule has 3 aromatic rings. The molecule has 0 aliphatic carbocycles. The van der Waals surface area contributed by atoms with Gasteiger partial charge in [-0.2, -0.15) is 5.10 Å². The molecule has 2 aromatic heterocycles. The van der Waals surface area contributed by atoms with Gasteiger partial charge in [-0.05, 0) is 26.0 Å². The summed E-state index contributed by atoms with van der Waals surface area (Å²) in [5.41, 5.74) is 4.04. The van der Waals surface area contributed by atoms with Crippen LogP contribution in [0.15, 0.2) is 36.7 Å². The van der Waals surface area contributed by atoms with Crippen LogP contribution < -0.4 is 10.1 Å². The molecule has 1 atom stereocenters. The number of aromatic nitrogens is 3. The number of aryl methyl sites for hydroxylation is 2. The summed E-state index contributed by atoms with van der Waals surface area (Å²) < 4.78 is 7.24. The average molecular weight is 296 g/mol. The van der Waals surface area contributed by atoms with Gasteiger partial charge in [0, 0.05) is 35.6 Å². The van der Waals surface area contributed by atoms with Crippen molar-refractivity contribution in [2.45, 2.75) is 19.9 Å². The van der Waals surface area contributed by atoms with Gasteiger partial charge < -0.3 is 10.1 Å². The van der Waals surface area contributed by atoms with E-state index >= 15 is 0 Å². The Labute approximate surface area is 129 Å². The van der Waals surface area contributed by atoms with E-state index in [1.807, 2.05) is 43.2 Å². The summed E-state index contributed by atoms with van der Waals surface area (Å²) >= 11 is 0. The fourth-order valence-corrected chi connectivity index (χ4v) is 2.61. The molecule has 0 spiro atoms. The van der Waals surface area contributed by atoms with Crippen LogP contribution in [0.1, 0.15) is 24.2 Å². The molecule has 5 heteroatoms. The van der Waals surface area contributed by atoms with Gasteiger partial charge in [0.1, 0.15) is 11.3 Å². The minimum Gasteiger partial charge on any atom is -0.494 e. The molecule has 0 radical (unpaired) electrons. The highest BCUT2D eigenvalue weighted by Crippen LogP contribution is 2.31. The predicted octanol–water partition coefficient (Wildman–Crippen LogP) is 3.46. The van der Waals surface area contributed by atoms with Crippen molar-refractivity contribution in [2.75, 3.05) is 12.4 Å². The van der Waals surface area contributed by atoms with Gasteiger partial charge >= 0.3 is 0 Å². The number of pyridine rings is 1. The van der Waals surface area contributed by atoms with Crippen molar-refractivity contribution < 1.29 is 4.74 Å². The van der Waals surface area contributed by atoms with Crippen LogP contribution in [0.4, 0.5) is 5.69 Å². The van der Waals surface area contributed by atoms with Crippen LogP contribution in [-0.4, -0.2) is 21.9 Å². The number of nitrogens with zero attached hydrogens (tertiary/aromatic N) is 3. The summed E-state index contributed by atoms with van der Waals surface area (Å²) in [4.78, 5) is 4.61. The molecule has 22 heavy (non-hydrogen) atoms. The maximum absolute atomic E-state index is 5.43. The zero-order valence-corrected chi connectivity index (χ0v) is 13.3. The lowest BCUT2D eigenvalue weighted by Crippen LogP contribution is -2.07. The molecule has 2 heterocycles. The molecule has 1 aromatic carbocycles. The molecule has 1 unspecified atom stereocenters. The highest BCUT2D eigenvalue weighted by atomic mass is 16.5. The summed E-state index contributed by atoms with van der Waals surface area (Å²) in [5, 5.41) is 8.84. The molecule has 0 saturated carbocycles. The van der Waals surface area contributed by atoms with Gasteiger partial charge in [0.2, 0.25) is 0 Å². The number of ether oxygens (including phenoxy) is 1. The Morgan fingerprint density at radius 3 is 2.82 bits per heavy atom. The van der Waals surface area contributed by atoms with Crippen molar-refractivity contribution in [2.24, 2.45) is 7.05 Å². The van der Waals surface area contributed by atoms with Crippen LogP contribution in [0.25, 0.3) is 10.9 Å². The first kappa shape index (κ1) is 14.4. The highest BCUT2D eigenvalue weighted by Gasteiger charge is 2.12. The largest absolute Gasteiger partial charge is 0.494 e. The van der Waals surface area contributed by atoms with Crippen LogP contribution >= 0.6 is 0 Å². The summed E-state index contributed by atoms with van der Waals surface area (Å²) in [6, 6.07) is 8.20. The van der Waals surface area contributed by atoms with Crippen molar-refractivity contribution in [3.63, 3.8) is 0 Å². The molecule has 114 valence electrons. The third kappa shape index (κ3) is 2.62. The summed E-state index contributed by atoms with van der Waals surface area (Å²) in [7, 11) is 3.59. The second-order valence-electron chi connectivity index (χ2n) is 5.48. The number of methoxy groups -OCH3 is 1. The van der Waals surface area contributed by atoms with Crippen LogP contribution in [-0.2, 0) is 7.05 Å². The molecule has 3 rings (SSSR count). The molecular weight excluding hydrogens is 276 g/mol. The van der Waals surface area contributed by atoms with Gasteiger partial charge in [0.05, 0.1) is 19.3 Å². The van der Waals surface area contributed by atoms with Crippen LogP contribution in [0.3, 0.4) is 0 Å². The van der Waals surface area contributed by atoms with Crippen molar-refractivity contribution in [3.05, 3.63) is 47.9 Å². The van der Waals surface area contributed by atoms with E-state index in [1.54, 1.807) is 7.11 Å². The van der Waals surface area contributed by atoms with Crippen LogP contribution in [0, 0.1) is 6.92 Å². The van der Waals surface area contributed by atoms with E-state index in [0.717, 1.165) is 33.6 Å². The van der Waals surface area contributed by atoms with Crippen molar-refractivity contribution in [1.29, 1.82) is 0 Å². The predicted molar refractivity (Wildman–Crippen MR) is 88.3 cm³/mol. The molecule has 0 fully saturated rings. The third-order valence-electron chi connectivity index (χ3n) is 3.75. The maximum atomic E-state index is 5.43. The van der Waals surface area contributed by atoms with E-state index in [0.29, 0.717) is 0 Å². The quantitative estimate of drug-likeness (QED) is 0.801. The third-order valence-corrected chi connectivity index (χ3v) is 3.75. The second kappa shape index (κ2) is 5.67. The first-order valence-corrected chi connectivity index (χ1v) is 7.28. The van der Waals surface area contributed by atoms with Gasteiger partial charge in [-0.1, -0.05) is 12.1 Å². The van der Waals surface area contributed by atoms with Gasteiger partial charge in [0.25, 0.3) is 0 Å². The Morgan fingerprint density at radius 2 is 2.14 bits per heavy atom. The molecule has 0 amide bonds. The van der Waals surface area contributed by atoms with Crippen LogP contribution in [0.5, 0.6) is 5.75 Å². The Morgan fingerprint density at radius 1 is 1.32 bits per heavy atom. The number of nitrogens with one attached hydrogen (secondary N) is 1. The van der Waals surface area contributed by atoms with Crippen molar-refractivity contribution >= 4 is 16.6 Å². The lowest BCUT2D eigenvalue weighted by atomic mass is 10.1. The zero-order chi connectivity index (χ0) is 15.7. The zero-order valence-electron chi connectivity index (χ0n) is 13.3. The second-order valence-corrected chi connectivity index (χ2v) is 5.48. The van der Waals surface area contributed by atoms with Gasteiger partial charge in [0.15, 0.2) is 0 Å². The number of hydrogen-bond donors (Lipinski definition) is 1. The molecule has 5 nitrogen and oxygen atoms in total. The number of fused-ring (bicyclic) bond motifs is 1. The molecule has 0 bridgehead atoms. The van der Waals surface area contributed by atoms with Crippen molar-refractivity contribution in [3.8, 4) is 5.75 Å². The summed E-state index contributed by atoms with van der Waals surface area (Å²) in [5.74, 6) is 0.790. The molecule has 1 N–H and O–H groups in total. The van der Waals surface area contributed by atoms with E-state index in [4.69, 9.17) is 4.74 Å². The van der Waals surface area contributed by atoms with Crippen LogP contribution in [0.2, 0.25) is 0 Å². The molecular formula is C17H20N4O. The smallest absolute Gasteiger partial charge is 0.145 e. The molecule has 0 aliphatic heterocycles. The number of benzene rings is 1. The minimum atomic E-state index is 0.157. The lowest BCUT2D eigenvalue weighted by molar-refractivity contribution is 0.419. The number of para-hydroxylation sites is 1. The average Bonchev–Trinajstić information content (AvgIpc) is 2.93. The highest BCUT2D eigenvalue weighted by molar-refractivity contribution is 5.95. The SMILES string of the molecule is COc1cccc2c(NC(C)c3cnn(C)c3)cc(C)nc12. The normalized spacial score (nSPS) is 12.4. The molecule has 0 aliphatic rings. The Balaban J connectivity index is 2.03. The van der Waals surface area contributed by atoms with E-state index in [2.05, 4.69) is 34.5 Å². The fraction of sp³-hybridized carbons (Fsp3) is 0.294. The topological polar surface area (TPSA) is 52.0 Å². The molecule has 0 saturated heterocycles. The Hall–Kier alpha value is -2.56. The first-order chi connectivity index (χ1) is 10.6. The Bertz CT molecular complexity index is 810. The first-order valence-electron chi connectivity index (χ1n) is 7.28. The van der Waals surface area contributed by atoms with E-state index in [9.17, 15) is 0 Å². The number of hydrogen-bond acceptors (Lipinski definition) is 4. The maximum Gasteiger partial charge on any atom is 0.145 e. The van der Waals surface area contributed by atoms with E-state index < -0.39 is 0 Å². The van der Waals surface area contributed by atoms with Crippen molar-refractivity contribution in [1.82, 2.24) is 14.8 Å². The fourth-order valence-electron chi connectivity index (χ4n) is 2.61. The minimum absolute atomic E-state index is 0.157. The monoisotopic (exact) mass is 296 g/mol. The van der Waals surface area contributed by atoms with E-state index in [-0.39, 0.29) is 6.04 Å². The lowest BCUT2D eigenvalue weighted by Gasteiger charge is -2.17.